The van der Waals surface area contributed by atoms with Crippen molar-refractivity contribution in [3.63, 3.8) is 0 Å². The molecule has 18 heteroatoms. The highest BCUT2D eigenvalue weighted by Gasteiger charge is 2.44. The number of hydrogen-bond donors (Lipinski definition) is 2. The molecule has 70 heavy (non-hydrogen) atoms. The molecule has 1 aromatic carbocycles. The largest absolute Gasteiger partial charge is 0.464 e. The SMILES string of the molecule is C=CC(=O)N1CCOC2(CCN(C(=O)N(C)C(C(=O)N[C@H]3Cc4nc(cs4)-c4ccc5c(c4)c(c(-c4cccnc4[C@H](C)OC)n5CC)CC(C)(C)COC(=O)[C@@H]4CCCN(N4)C3=O)C(C)C)CC2)C1. The molecule has 3 fully saturated rings. The maximum atomic E-state index is 14.7. The Labute approximate surface area is 414 Å². The zero-order valence-electron chi connectivity index (χ0n) is 41.9. The zero-order chi connectivity index (χ0) is 50.1. The van der Waals surface area contributed by atoms with Crippen LogP contribution in [0, 0.1) is 11.3 Å². The molecule has 4 aliphatic rings. The fourth-order valence-electron chi connectivity index (χ4n) is 10.7. The van der Waals surface area contributed by atoms with Crippen molar-refractivity contribution in [2.24, 2.45) is 11.3 Å². The van der Waals surface area contributed by atoms with Gasteiger partial charge in [0.25, 0.3) is 5.91 Å². The highest BCUT2D eigenvalue weighted by atomic mass is 32.1. The van der Waals surface area contributed by atoms with E-state index >= 15 is 0 Å². The Morgan fingerprint density at radius 3 is 2.59 bits per heavy atom. The van der Waals surface area contributed by atoms with Gasteiger partial charge in [-0.25, -0.2) is 15.2 Å². The second kappa shape index (κ2) is 21.0. The number of rotatable bonds is 9. The summed E-state index contributed by atoms with van der Waals surface area (Å²) in [5, 5.41) is 8.14. The van der Waals surface area contributed by atoms with E-state index in [1.807, 2.05) is 32.2 Å². The van der Waals surface area contributed by atoms with Gasteiger partial charge in [0, 0.05) is 92.3 Å². The number of cyclic esters (lactones) is 1. The van der Waals surface area contributed by atoms with E-state index in [1.165, 1.54) is 27.3 Å². The van der Waals surface area contributed by atoms with Crippen molar-refractivity contribution < 1.29 is 38.2 Å². The number of amides is 5. The number of pyridine rings is 1. The molecule has 376 valence electrons. The number of hydrogen-bond acceptors (Lipinski definition) is 12. The van der Waals surface area contributed by atoms with Crippen LogP contribution in [0.25, 0.3) is 33.4 Å². The van der Waals surface area contributed by atoms with Crippen LogP contribution in [0.2, 0.25) is 0 Å². The number of esters is 1. The molecule has 7 heterocycles. The van der Waals surface area contributed by atoms with Gasteiger partial charge in [0.1, 0.15) is 18.1 Å². The Hall–Kier alpha value is -5.69. The number of nitrogens with zero attached hydrogens (tertiary/aromatic N) is 7. The number of urea groups is 1. The number of ether oxygens (including phenoxy) is 3. The minimum atomic E-state index is -1.09. The molecule has 0 radical (unpaired) electrons. The van der Waals surface area contributed by atoms with Gasteiger partial charge in [-0.05, 0) is 87.8 Å². The summed E-state index contributed by atoms with van der Waals surface area (Å²) in [6.07, 6.45) is 5.57. The van der Waals surface area contributed by atoms with E-state index in [0.717, 1.165) is 44.7 Å². The third-order valence-electron chi connectivity index (χ3n) is 14.5. The molecule has 4 atom stereocenters. The summed E-state index contributed by atoms with van der Waals surface area (Å²) in [5.74, 6) is -1.82. The van der Waals surface area contributed by atoms with E-state index in [1.54, 1.807) is 30.2 Å². The molecular weight excluding hydrogens is 911 g/mol. The Balaban J connectivity index is 1.10. The second-order valence-electron chi connectivity index (χ2n) is 20.3. The smallest absolute Gasteiger partial charge is 0.324 e. The standard InChI is InChI=1S/C52H69N9O8S/c1-10-43(62)59-24-25-69-52(30-59)18-22-58(23-19-52)50(66)57(8)45(32(3)4)47(63)55-39-27-42-54-40(29-70-42)34-16-17-41-36(26-34)37(46(60(41)11-2)35-14-12-20-53-44(35)33(5)67-9)28-51(6,7)31-68-49(65)38-15-13-21-61(56-38)48(39)64/h10,12,14,16-17,20,26,29,32-33,38-39,45,56H,1,11,13,15,18-19,21-25,27-28,30-31H2,2-9H3,(H,55,63)/t33-,38-,39-,45?/m0/s1. The first-order valence-electron chi connectivity index (χ1n) is 24.7. The molecular formula is C52H69N9O8S. The van der Waals surface area contributed by atoms with Gasteiger partial charge in [0.15, 0.2) is 0 Å². The van der Waals surface area contributed by atoms with E-state index < -0.39 is 46.9 Å². The number of carbonyl (C=O) groups is 5. The van der Waals surface area contributed by atoms with Crippen molar-refractivity contribution in [2.45, 2.75) is 116 Å². The highest BCUT2D eigenvalue weighted by Crippen LogP contribution is 2.42. The molecule has 6 bridgehead atoms. The van der Waals surface area contributed by atoms with Crippen LogP contribution < -0.4 is 10.7 Å². The topological polar surface area (TPSA) is 181 Å². The quantitative estimate of drug-likeness (QED) is 0.145. The maximum absolute atomic E-state index is 14.7. The van der Waals surface area contributed by atoms with E-state index in [4.69, 9.17) is 24.2 Å². The van der Waals surface area contributed by atoms with Crippen LogP contribution >= 0.6 is 11.3 Å². The van der Waals surface area contributed by atoms with Gasteiger partial charge >= 0.3 is 12.0 Å². The van der Waals surface area contributed by atoms with Crippen molar-refractivity contribution in [2.75, 3.05) is 60.1 Å². The van der Waals surface area contributed by atoms with Crippen LogP contribution in [-0.4, -0.2) is 148 Å². The normalized spacial score (nSPS) is 21.5. The third-order valence-corrected chi connectivity index (χ3v) is 15.3. The number of benzene rings is 1. The van der Waals surface area contributed by atoms with Crippen LogP contribution in [0.15, 0.2) is 54.6 Å². The predicted octanol–water partition coefficient (Wildman–Crippen LogP) is 6.16. The van der Waals surface area contributed by atoms with Gasteiger partial charge in [0.05, 0.1) is 53.6 Å². The van der Waals surface area contributed by atoms with Gasteiger partial charge in [-0.2, -0.15) is 0 Å². The van der Waals surface area contributed by atoms with Crippen molar-refractivity contribution in [3.05, 3.63) is 70.8 Å². The number of hydrazine groups is 1. The maximum Gasteiger partial charge on any atom is 0.324 e. The molecule has 1 unspecified atom stereocenters. The molecule has 2 N–H and O–H groups in total. The Morgan fingerprint density at radius 1 is 1.10 bits per heavy atom. The van der Waals surface area contributed by atoms with E-state index in [0.29, 0.717) is 83.0 Å². The molecule has 8 rings (SSSR count). The van der Waals surface area contributed by atoms with Crippen molar-refractivity contribution in [3.8, 4) is 22.5 Å². The number of nitrogens with one attached hydrogen (secondary N) is 2. The first-order valence-corrected chi connectivity index (χ1v) is 25.5. The van der Waals surface area contributed by atoms with Crippen LogP contribution in [-0.2, 0) is 52.8 Å². The summed E-state index contributed by atoms with van der Waals surface area (Å²) in [4.78, 5) is 84.8. The van der Waals surface area contributed by atoms with Crippen molar-refractivity contribution in [1.29, 1.82) is 0 Å². The van der Waals surface area contributed by atoms with Crippen molar-refractivity contribution >= 4 is 52.0 Å². The lowest BCUT2D eigenvalue weighted by Gasteiger charge is -2.47. The van der Waals surface area contributed by atoms with Gasteiger partial charge < -0.3 is 38.8 Å². The number of thiazole rings is 1. The average molecular weight is 980 g/mol. The summed E-state index contributed by atoms with van der Waals surface area (Å²) in [7, 11) is 3.31. The van der Waals surface area contributed by atoms with E-state index in [9.17, 15) is 24.0 Å². The number of fused-ring (bicyclic) bond motifs is 6. The van der Waals surface area contributed by atoms with E-state index in [-0.39, 0.29) is 37.0 Å². The zero-order valence-corrected chi connectivity index (χ0v) is 42.7. The van der Waals surface area contributed by atoms with Crippen LogP contribution in [0.4, 0.5) is 4.79 Å². The van der Waals surface area contributed by atoms with Gasteiger partial charge in [-0.15, -0.1) is 11.3 Å². The Bertz CT molecular complexity index is 2620. The first kappa shape index (κ1) is 50.7. The second-order valence-corrected chi connectivity index (χ2v) is 21.3. The molecule has 1 spiro atoms. The fourth-order valence-corrected chi connectivity index (χ4v) is 11.5. The van der Waals surface area contributed by atoms with Crippen molar-refractivity contribution in [1.82, 2.24) is 45.0 Å². The van der Waals surface area contributed by atoms with Crippen LogP contribution in [0.3, 0.4) is 0 Å². The molecule has 5 amide bonds. The predicted molar refractivity (Wildman–Crippen MR) is 267 cm³/mol. The van der Waals surface area contributed by atoms with Crippen LogP contribution in [0.1, 0.15) is 89.6 Å². The number of carbonyl (C=O) groups excluding carboxylic acids is 5. The summed E-state index contributed by atoms with van der Waals surface area (Å²) in [5.41, 5.74) is 8.71. The van der Waals surface area contributed by atoms with Gasteiger partial charge in [0.2, 0.25) is 11.8 Å². The molecule has 17 nitrogen and oxygen atoms in total. The van der Waals surface area contributed by atoms with Gasteiger partial charge in [-0.3, -0.25) is 29.2 Å². The third kappa shape index (κ3) is 10.4. The molecule has 4 aliphatic heterocycles. The first-order chi connectivity index (χ1) is 33.5. The number of aryl methyl sites for hydroxylation is 1. The van der Waals surface area contributed by atoms with Gasteiger partial charge in [-0.1, -0.05) is 40.3 Å². The Kier molecular flexibility index (Phi) is 15.2. The highest BCUT2D eigenvalue weighted by molar-refractivity contribution is 7.10. The monoisotopic (exact) mass is 979 g/mol. The number of likely N-dealkylation sites (tertiary alicyclic amines) is 1. The number of morpholine rings is 1. The number of piperidine rings is 1. The number of aromatic nitrogens is 3. The number of likely N-dealkylation sites (N-methyl/N-ethyl adjacent to an activating group) is 1. The van der Waals surface area contributed by atoms with Crippen LogP contribution in [0.5, 0.6) is 0 Å². The summed E-state index contributed by atoms with van der Waals surface area (Å²) < 4.78 is 20.5. The molecule has 0 aliphatic carbocycles. The fraction of sp³-hybridized carbons (Fsp3) is 0.558. The molecule has 3 saturated heterocycles. The minimum Gasteiger partial charge on any atom is -0.464 e. The summed E-state index contributed by atoms with van der Waals surface area (Å²) >= 11 is 1.41. The summed E-state index contributed by atoms with van der Waals surface area (Å²) in [6.45, 7) is 18.9. The molecule has 3 aromatic heterocycles. The molecule has 4 aromatic rings. The lowest BCUT2D eigenvalue weighted by Crippen LogP contribution is -2.63. The average Bonchev–Trinajstić information content (AvgIpc) is 3.95. The lowest BCUT2D eigenvalue weighted by atomic mass is 9.84. The molecule has 0 saturated carbocycles. The lowest BCUT2D eigenvalue weighted by molar-refractivity contribution is -0.155. The number of methoxy groups -OCH3 is 1. The Morgan fingerprint density at radius 2 is 1.87 bits per heavy atom. The minimum absolute atomic E-state index is 0.0735. The summed E-state index contributed by atoms with van der Waals surface area (Å²) in [6, 6.07) is 7.30. The van der Waals surface area contributed by atoms with E-state index in [2.05, 4.69) is 66.9 Å².